The molecule has 210 valence electrons. The fourth-order valence-electron chi connectivity index (χ4n) is 4.71. The van der Waals surface area contributed by atoms with Crippen LogP contribution in [0, 0.1) is 5.82 Å². The molecule has 0 aliphatic carbocycles. The van der Waals surface area contributed by atoms with Gasteiger partial charge in [0.25, 0.3) is 0 Å². The monoisotopic (exact) mass is 559 g/mol. The van der Waals surface area contributed by atoms with Crippen molar-refractivity contribution < 1.29 is 27.6 Å². The van der Waals surface area contributed by atoms with E-state index in [0.29, 0.717) is 48.1 Å². The summed E-state index contributed by atoms with van der Waals surface area (Å²) >= 11 is 0. The Morgan fingerprint density at radius 2 is 2.13 bits per heavy atom. The van der Waals surface area contributed by atoms with Gasteiger partial charge in [0.15, 0.2) is 17.2 Å². The first kappa shape index (κ1) is 27.3. The van der Waals surface area contributed by atoms with Crippen molar-refractivity contribution in [2.45, 2.75) is 77.4 Å². The van der Waals surface area contributed by atoms with Crippen LogP contribution in [-0.2, 0) is 28.7 Å². The van der Waals surface area contributed by atoms with Gasteiger partial charge in [0.2, 0.25) is 0 Å². The number of hydrogen-bond acceptors (Lipinski definition) is 8. The van der Waals surface area contributed by atoms with Crippen LogP contribution in [0.2, 0.25) is 0 Å². The lowest BCUT2D eigenvalue weighted by molar-refractivity contribution is 0.0528. The highest BCUT2D eigenvalue weighted by Crippen LogP contribution is 2.39. The number of carbonyl (C=O) groups excluding carboxylic acids is 1. The van der Waals surface area contributed by atoms with Gasteiger partial charge in [-0.3, -0.25) is 0 Å². The third kappa shape index (κ3) is 5.31. The number of rotatable bonds is 7. The van der Waals surface area contributed by atoms with Crippen molar-refractivity contribution in [2.24, 2.45) is 0 Å². The maximum absolute atomic E-state index is 14.8. The van der Waals surface area contributed by atoms with Gasteiger partial charge in [0.1, 0.15) is 29.8 Å². The Balaban J connectivity index is 1.45. The number of benzene rings is 1. The number of hydrogen-bond donors (Lipinski definition) is 1. The Kier molecular flexibility index (Phi) is 7.27. The van der Waals surface area contributed by atoms with Gasteiger partial charge < -0.3 is 19.1 Å². The molecule has 0 amide bonds. The van der Waals surface area contributed by atoms with Gasteiger partial charge in [0.05, 0.1) is 46.8 Å². The van der Waals surface area contributed by atoms with Crippen molar-refractivity contribution in [3.8, 4) is 11.5 Å². The quantitative estimate of drug-likeness (QED) is 0.438. The molecule has 0 saturated heterocycles. The predicted octanol–water partition coefficient (Wildman–Crippen LogP) is 3.58. The minimum atomic E-state index is -1.26. The summed E-state index contributed by atoms with van der Waals surface area (Å²) in [7, 11) is -1.26. The van der Waals surface area contributed by atoms with E-state index in [1.54, 1.807) is 13.1 Å². The van der Waals surface area contributed by atoms with Gasteiger partial charge in [-0.1, -0.05) is 0 Å². The minimum Gasteiger partial charge on any atom is -0.488 e. The fourth-order valence-corrected chi connectivity index (χ4v) is 5.56. The molecule has 1 N–H and O–H groups in total. The van der Waals surface area contributed by atoms with E-state index in [1.165, 1.54) is 22.8 Å². The van der Waals surface area contributed by atoms with Crippen LogP contribution in [0.5, 0.6) is 11.5 Å². The van der Waals surface area contributed by atoms with Crippen LogP contribution < -0.4 is 19.1 Å². The third-order valence-corrected chi connectivity index (χ3v) is 8.56. The highest BCUT2D eigenvalue weighted by molar-refractivity contribution is 7.84. The molecule has 4 atom stereocenters. The summed E-state index contributed by atoms with van der Waals surface area (Å²) in [5, 5.41) is 4.23. The van der Waals surface area contributed by atoms with Crippen LogP contribution in [0.4, 0.5) is 10.2 Å². The molecule has 0 radical (unpaired) electrons. The van der Waals surface area contributed by atoms with Gasteiger partial charge in [-0.2, -0.15) is 5.10 Å². The number of carbonyl (C=O) groups is 1. The largest absolute Gasteiger partial charge is 0.488 e. The number of esters is 1. The molecule has 3 aromatic rings. The van der Waals surface area contributed by atoms with E-state index in [-0.39, 0.29) is 36.2 Å². The molecule has 2 aliphatic heterocycles. The molecule has 12 heteroatoms. The maximum Gasteiger partial charge on any atom is 0.343 e. The van der Waals surface area contributed by atoms with Crippen molar-refractivity contribution in [1.29, 1.82) is 0 Å². The molecule has 0 saturated carbocycles. The topological polar surface area (TPSA) is 107 Å². The van der Waals surface area contributed by atoms with Gasteiger partial charge in [-0.05, 0) is 53.7 Å². The van der Waals surface area contributed by atoms with E-state index in [9.17, 15) is 13.4 Å². The molecular weight excluding hydrogens is 525 g/mol. The fraction of sp³-hybridized carbons (Fsp3) is 0.519. The van der Waals surface area contributed by atoms with Crippen LogP contribution >= 0.6 is 0 Å². The molecule has 0 spiro atoms. The van der Waals surface area contributed by atoms with Gasteiger partial charge >= 0.3 is 5.97 Å². The van der Waals surface area contributed by atoms with E-state index in [1.807, 2.05) is 39.5 Å². The molecule has 0 fully saturated rings. The SMILES string of the molecule is CCOC(=O)c1cnn2cc3c(nc12)N(Cc1cc(F)cc2c1OC([C@@H](C)N[S@](=O)C(C)(C)C)C2)[C@H](C)CO3. The Labute approximate surface area is 229 Å². The molecule has 5 rings (SSSR count). The summed E-state index contributed by atoms with van der Waals surface area (Å²) in [4.78, 5) is 19.2. The molecule has 10 nitrogen and oxygen atoms in total. The standard InChI is InChI=1S/C27H34FN5O5S/c1-7-36-26(34)20-11-29-33-13-22-25(30-24(20)33)32(15(2)14-37-22)12-18-9-19(28)8-17-10-21(38-23(17)18)16(3)31-39(35)27(4,5)6/h8-9,11,13,15-16,21,31H,7,10,12,14H2,1-6H3/t15-,16-,21?,39-/m1/s1. The summed E-state index contributed by atoms with van der Waals surface area (Å²) in [6, 6.07) is 2.68. The molecule has 1 unspecified atom stereocenters. The Morgan fingerprint density at radius 1 is 1.36 bits per heavy atom. The molecule has 4 heterocycles. The van der Waals surface area contributed by atoms with E-state index >= 15 is 0 Å². The van der Waals surface area contributed by atoms with E-state index in [4.69, 9.17) is 19.2 Å². The number of nitrogens with zero attached hydrogens (tertiary/aromatic N) is 4. The van der Waals surface area contributed by atoms with Gasteiger partial charge in [-0.25, -0.2) is 27.6 Å². The van der Waals surface area contributed by atoms with Crippen LogP contribution in [-0.4, -0.2) is 60.9 Å². The summed E-state index contributed by atoms with van der Waals surface area (Å²) in [5.74, 6) is 0.809. The Hall–Kier alpha value is -3.25. The molecular formula is C27H34FN5O5S. The number of anilines is 1. The summed E-state index contributed by atoms with van der Waals surface area (Å²) < 4.78 is 49.1. The average Bonchev–Trinajstić information content (AvgIpc) is 3.48. The zero-order valence-corrected chi connectivity index (χ0v) is 23.8. The Morgan fingerprint density at radius 3 is 2.85 bits per heavy atom. The first-order chi connectivity index (χ1) is 18.5. The average molecular weight is 560 g/mol. The van der Waals surface area contributed by atoms with Crippen molar-refractivity contribution in [3.05, 3.63) is 47.0 Å². The van der Waals surface area contributed by atoms with Crippen LogP contribution in [0.3, 0.4) is 0 Å². The first-order valence-electron chi connectivity index (χ1n) is 13.1. The predicted molar refractivity (Wildman–Crippen MR) is 145 cm³/mol. The highest BCUT2D eigenvalue weighted by atomic mass is 32.2. The number of aromatic nitrogens is 3. The Bertz CT molecular complexity index is 1440. The van der Waals surface area contributed by atoms with E-state index in [2.05, 4.69) is 9.82 Å². The second-order valence-corrected chi connectivity index (χ2v) is 13.0. The number of ether oxygens (including phenoxy) is 3. The molecule has 0 bridgehead atoms. The lowest BCUT2D eigenvalue weighted by atomic mass is 10.0. The zero-order chi connectivity index (χ0) is 28.1. The zero-order valence-electron chi connectivity index (χ0n) is 23.0. The van der Waals surface area contributed by atoms with E-state index < -0.39 is 21.7 Å². The van der Waals surface area contributed by atoms with Crippen LogP contribution in [0.25, 0.3) is 5.65 Å². The van der Waals surface area contributed by atoms with E-state index in [0.717, 1.165) is 5.56 Å². The second-order valence-electron chi connectivity index (χ2n) is 11.0. The lowest BCUT2D eigenvalue weighted by Gasteiger charge is -2.36. The number of fused-ring (bicyclic) bond motifs is 3. The molecule has 2 aromatic heterocycles. The molecule has 1 aromatic carbocycles. The number of halogens is 1. The summed E-state index contributed by atoms with van der Waals surface area (Å²) in [5.41, 5.74) is 2.06. The summed E-state index contributed by atoms with van der Waals surface area (Å²) in [6.45, 7) is 12.3. The molecule has 2 aliphatic rings. The molecule has 39 heavy (non-hydrogen) atoms. The normalized spacial score (nSPS) is 20.1. The van der Waals surface area contributed by atoms with Crippen LogP contribution in [0.15, 0.2) is 24.5 Å². The second kappa shape index (κ2) is 10.4. The maximum atomic E-state index is 14.8. The third-order valence-electron chi connectivity index (χ3n) is 6.87. The summed E-state index contributed by atoms with van der Waals surface area (Å²) in [6.07, 6.45) is 3.32. The minimum absolute atomic E-state index is 0.0904. The highest BCUT2D eigenvalue weighted by Gasteiger charge is 2.35. The smallest absolute Gasteiger partial charge is 0.343 e. The van der Waals surface area contributed by atoms with Crippen molar-refractivity contribution in [1.82, 2.24) is 19.3 Å². The van der Waals surface area contributed by atoms with Crippen molar-refractivity contribution in [2.75, 3.05) is 18.1 Å². The first-order valence-corrected chi connectivity index (χ1v) is 14.2. The van der Waals surface area contributed by atoms with Crippen LogP contribution in [0.1, 0.15) is 63.0 Å². The number of nitrogens with one attached hydrogen (secondary N) is 1. The lowest BCUT2D eigenvalue weighted by Crippen LogP contribution is -2.45. The van der Waals surface area contributed by atoms with Crippen molar-refractivity contribution in [3.63, 3.8) is 0 Å². The van der Waals surface area contributed by atoms with Gasteiger partial charge in [-0.15, -0.1) is 0 Å². The van der Waals surface area contributed by atoms with Crippen molar-refractivity contribution >= 4 is 28.4 Å². The van der Waals surface area contributed by atoms with Gasteiger partial charge in [0, 0.05) is 24.1 Å².